The van der Waals surface area contributed by atoms with Gasteiger partial charge in [-0.05, 0) is 26.3 Å². The average molecular weight is 315 g/mol. The first kappa shape index (κ1) is 15.7. The number of hydrogen-bond acceptors (Lipinski definition) is 5. The van der Waals surface area contributed by atoms with Gasteiger partial charge in [0.2, 0.25) is 17.6 Å². The zero-order chi connectivity index (χ0) is 16.4. The summed E-state index contributed by atoms with van der Waals surface area (Å²) >= 11 is 0. The van der Waals surface area contributed by atoms with Gasteiger partial charge in [-0.1, -0.05) is 29.4 Å². The second-order valence-corrected chi connectivity index (χ2v) is 6.41. The van der Waals surface area contributed by atoms with Crippen molar-refractivity contribution in [3.8, 4) is 11.4 Å². The van der Waals surface area contributed by atoms with Crippen LogP contribution in [0.2, 0.25) is 0 Å². The quantitative estimate of drug-likeness (QED) is 0.869. The number of rotatable bonds is 3. The van der Waals surface area contributed by atoms with Crippen LogP contribution in [0.4, 0.5) is 0 Å². The fourth-order valence-corrected chi connectivity index (χ4v) is 2.81. The topological polar surface area (TPSA) is 68.5 Å². The molecule has 0 N–H and O–H groups in total. The molecule has 1 aliphatic heterocycles. The Morgan fingerprint density at radius 2 is 2.13 bits per heavy atom. The molecule has 1 aliphatic rings. The van der Waals surface area contributed by atoms with Crippen molar-refractivity contribution in [2.45, 2.75) is 32.7 Å². The Morgan fingerprint density at radius 3 is 2.87 bits per heavy atom. The van der Waals surface area contributed by atoms with Crippen molar-refractivity contribution in [3.05, 3.63) is 35.7 Å². The molecule has 0 radical (unpaired) electrons. The highest BCUT2D eigenvalue weighted by molar-refractivity contribution is 5.78. The molecule has 0 unspecified atom stereocenters. The van der Waals surface area contributed by atoms with Gasteiger partial charge in [0.25, 0.3) is 0 Å². The van der Waals surface area contributed by atoms with Gasteiger partial charge >= 0.3 is 0 Å². The molecule has 0 spiro atoms. The molecular formula is C17H21N3O3. The Kier molecular flexibility index (Phi) is 4.17. The second kappa shape index (κ2) is 6.12. The summed E-state index contributed by atoms with van der Waals surface area (Å²) in [7, 11) is 0. The molecule has 1 saturated heterocycles. The number of carbonyl (C=O) groups excluding carboxylic acids is 1. The number of benzene rings is 1. The first-order chi connectivity index (χ1) is 11.0. The zero-order valence-corrected chi connectivity index (χ0v) is 13.7. The van der Waals surface area contributed by atoms with E-state index < -0.39 is 0 Å². The van der Waals surface area contributed by atoms with E-state index in [0.29, 0.717) is 31.5 Å². The van der Waals surface area contributed by atoms with Crippen LogP contribution in [0, 0.1) is 6.92 Å². The molecule has 1 amide bonds. The van der Waals surface area contributed by atoms with E-state index in [0.717, 1.165) is 11.1 Å². The summed E-state index contributed by atoms with van der Waals surface area (Å²) in [5.74, 6) is 0.848. The van der Waals surface area contributed by atoms with E-state index in [1.54, 1.807) is 0 Å². The van der Waals surface area contributed by atoms with Crippen LogP contribution in [-0.4, -0.2) is 46.2 Å². The van der Waals surface area contributed by atoms with Gasteiger partial charge in [0.05, 0.1) is 18.8 Å². The number of ether oxygens (including phenoxy) is 1. The molecule has 0 saturated carbocycles. The van der Waals surface area contributed by atoms with Crippen LogP contribution in [-0.2, 0) is 16.0 Å². The maximum atomic E-state index is 12.5. The highest BCUT2D eigenvalue weighted by Gasteiger charge is 2.34. The minimum Gasteiger partial charge on any atom is -0.377 e. The third-order valence-electron chi connectivity index (χ3n) is 4.10. The maximum Gasteiger partial charge on any atom is 0.236 e. The van der Waals surface area contributed by atoms with E-state index in [-0.39, 0.29) is 17.9 Å². The van der Waals surface area contributed by atoms with Crippen molar-refractivity contribution in [2.24, 2.45) is 0 Å². The van der Waals surface area contributed by atoms with Gasteiger partial charge in [-0.2, -0.15) is 4.98 Å². The van der Waals surface area contributed by atoms with Crippen LogP contribution in [0.1, 0.15) is 25.3 Å². The van der Waals surface area contributed by atoms with Crippen LogP contribution in [0.15, 0.2) is 28.8 Å². The molecule has 0 aliphatic carbocycles. The first-order valence-corrected chi connectivity index (χ1v) is 7.74. The summed E-state index contributed by atoms with van der Waals surface area (Å²) in [6.45, 7) is 7.68. The van der Waals surface area contributed by atoms with Crippen molar-refractivity contribution < 1.29 is 14.1 Å². The molecule has 2 heterocycles. The van der Waals surface area contributed by atoms with E-state index >= 15 is 0 Å². The van der Waals surface area contributed by atoms with E-state index in [9.17, 15) is 4.79 Å². The lowest BCUT2D eigenvalue weighted by atomic mass is 10.0. The van der Waals surface area contributed by atoms with Gasteiger partial charge in [-0.25, -0.2) is 0 Å². The van der Waals surface area contributed by atoms with E-state index in [4.69, 9.17) is 9.26 Å². The largest absolute Gasteiger partial charge is 0.377 e. The molecule has 122 valence electrons. The van der Waals surface area contributed by atoms with Gasteiger partial charge in [-0.3, -0.25) is 4.79 Å². The summed E-state index contributed by atoms with van der Waals surface area (Å²) in [5, 5.41) is 4.00. The summed E-state index contributed by atoms with van der Waals surface area (Å²) in [5.41, 5.74) is 1.68. The molecule has 6 nitrogen and oxygen atoms in total. The molecule has 0 bridgehead atoms. The Bertz CT molecular complexity index is 709. The fourth-order valence-electron chi connectivity index (χ4n) is 2.81. The lowest BCUT2D eigenvalue weighted by Crippen LogP contribution is -2.55. The van der Waals surface area contributed by atoms with E-state index in [1.807, 2.05) is 49.9 Å². The van der Waals surface area contributed by atoms with Crippen molar-refractivity contribution >= 4 is 5.91 Å². The Labute approximate surface area is 135 Å². The summed E-state index contributed by atoms with van der Waals surface area (Å²) in [6, 6.07) is 7.83. The Balaban J connectivity index is 1.74. The maximum absolute atomic E-state index is 12.5. The van der Waals surface area contributed by atoms with Crippen LogP contribution in [0.25, 0.3) is 11.4 Å². The minimum absolute atomic E-state index is 0.0155. The average Bonchev–Trinajstić information content (AvgIpc) is 2.95. The molecule has 0 atom stereocenters. The highest BCUT2D eigenvalue weighted by Crippen LogP contribution is 2.22. The highest BCUT2D eigenvalue weighted by atomic mass is 16.5. The predicted octanol–water partition coefficient (Wildman–Crippen LogP) is 2.22. The van der Waals surface area contributed by atoms with Crippen LogP contribution < -0.4 is 0 Å². The lowest BCUT2D eigenvalue weighted by molar-refractivity contribution is -0.145. The van der Waals surface area contributed by atoms with Gasteiger partial charge in [0.15, 0.2) is 0 Å². The van der Waals surface area contributed by atoms with Crippen LogP contribution in [0.5, 0.6) is 0 Å². The molecule has 1 aromatic carbocycles. The Morgan fingerprint density at radius 1 is 1.35 bits per heavy atom. The molecular weight excluding hydrogens is 294 g/mol. The number of carbonyl (C=O) groups is 1. The Hall–Kier alpha value is -2.21. The normalized spacial score (nSPS) is 17.3. The predicted molar refractivity (Wildman–Crippen MR) is 84.8 cm³/mol. The number of aromatic nitrogens is 2. The summed E-state index contributed by atoms with van der Waals surface area (Å²) < 4.78 is 10.7. The smallest absolute Gasteiger partial charge is 0.236 e. The van der Waals surface area contributed by atoms with E-state index in [2.05, 4.69) is 10.1 Å². The van der Waals surface area contributed by atoms with Gasteiger partial charge in [0.1, 0.15) is 6.42 Å². The molecule has 2 aromatic rings. The second-order valence-electron chi connectivity index (χ2n) is 6.41. The van der Waals surface area contributed by atoms with Crippen molar-refractivity contribution in [1.29, 1.82) is 0 Å². The SMILES string of the molecule is Cc1ccccc1-c1noc(CC(=O)N2CCOCC2(C)C)n1. The number of nitrogens with zero attached hydrogens (tertiary/aromatic N) is 3. The minimum atomic E-state index is -0.311. The molecule has 1 fully saturated rings. The zero-order valence-electron chi connectivity index (χ0n) is 13.7. The van der Waals surface area contributed by atoms with Crippen molar-refractivity contribution in [1.82, 2.24) is 15.0 Å². The number of morpholine rings is 1. The molecule has 3 rings (SSSR count). The number of hydrogen-bond donors (Lipinski definition) is 0. The van der Waals surface area contributed by atoms with Crippen molar-refractivity contribution in [3.63, 3.8) is 0 Å². The monoisotopic (exact) mass is 315 g/mol. The standard InChI is InChI=1S/C17H21N3O3/c1-12-6-4-5-7-13(12)16-18-14(23-19-16)10-15(21)20-8-9-22-11-17(20,2)3/h4-7H,8-11H2,1-3H3. The molecule has 23 heavy (non-hydrogen) atoms. The van der Waals surface area contributed by atoms with Gasteiger partial charge in [0, 0.05) is 12.1 Å². The van der Waals surface area contributed by atoms with Gasteiger partial charge in [-0.15, -0.1) is 0 Å². The molecule has 6 heteroatoms. The van der Waals surface area contributed by atoms with Crippen LogP contribution >= 0.6 is 0 Å². The third kappa shape index (κ3) is 3.27. The summed E-state index contributed by atoms with van der Waals surface area (Å²) in [4.78, 5) is 18.7. The molecule has 1 aromatic heterocycles. The number of amides is 1. The van der Waals surface area contributed by atoms with Crippen LogP contribution in [0.3, 0.4) is 0 Å². The fraction of sp³-hybridized carbons (Fsp3) is 0.471. The third-order valence-corrected chi connectivity index (χ3v) is 4.10. The summed E-state index contributed by atoms with van der Waals surface area (Å²) in [6.07, 6.45) is 0.113. The van der Waals surface area contributed by atoms with E-state index in [1.165, 1.54) is 0 Å². The number of aryl methyl sites for hydroxylation is 1. The first-order valence-electron chi connectivity index (χ1n) is 7.74. The lowest BCUT2D eigenvalue weighted by Gasteiger charge is -2.42. The van der Waals surface area contributed by atoms with Crippen molar-refractivity contribution in [2.75, 3.05) is 19.8 Å². The van der Waals surface area contributed by atoms with Gasteiger partial charge < -0.3 is 14.2 Å².